The van der Waals surface area contributed by atoms with Crippen LogP contribution in [0.2, 0.25) is 0 Å². The number of benzene rings is 2. The molecule has 0 amide bonds. The highest BCUT2D eigenvalue weighted by Gasteiger charge is 2.39. The number of carbonyl (C=O) groups excluding carboxylic acids is 4. The molecule has 4 rings (SSSR count). The van der Waals surface area contributed by atoms with Gasteiger partial charge in [0.2, 0.25) is 11.6 Å². The number of carbonyl (C=O) groups is 4. The number of allylic oxidation sites excluding steroid dienone is 2. The smallest absolute Gasteiger partial charge is 0.339 e. The fourth-order valence-electron chi connectivity index (χ4n) is 4.71. The minimum absolute atomic E-state index is 0.274. The molecule has 0 N–H and O–H groups in total. The van der Waals surface area contributed by atoms with Crippen LogP contribution < -0.4 is 0 Å². The molecule has 2 heterocycles. The number of thioether (sulfide) groups is 2. The van der Waals surface area contributed by atoms with Crippen molar-refractivity contribution in [2.24, 2.45) is 0 Å². The molecule has 8 heteroatoms. The van der Waals surface area contributed by atoms with Crippen molar-refractivity contribution in [3.05, 3.63) is 68.5 Å². The first-order valence-electron chi connectivity index (χ1n) is 14.3. The van der Waals surface area contributed by atoms with E-state index in [1.807, 2.05) is 0 Å². The number of Topliss-reactive ketones (excluding diaryl/α,β-unsaturated/α-hetero) is 2. The van der Waals surface area contributed by atoms with Gasteiger partial charge < -0.3 is 9.47 Å². The monoisotopic (exact) mass is 580 g/mol. The zero-order valence-corrected chi connectivity index (χ0v) is 24.8. The van der Waals surface area contributed by atoms with Crippen LogP contribution in [0.5, 0.6) is 0 Å². The maximum absolute atomic E-state index is 13.4. The molecule has 2 aromatic carbocycles. The Balaban J connectivity index is 1.47. The van der Waals surface area contributed by atoms with Gasteiger partial charge in [-0.2, -0.15) is 0 Å². The lowest BCUT2D eigenvalue weighted by molar-refractivity contribution is 0.0484. The number of ether oxygens (including phenoxy) is 2. The molecular formula is C32H36O6S2. The molecule has 0 fully saturated rings. The van der Waals surface area contributed by atoms with E-state index in [1.165, 1.54) is 12.8 Å². The molecule has 212 valence electrons. The Morgan fingerprint density at radius 3 is 1.40 bits per heavy atom. The average molecular weight is 581 g/mol. The topological polar surface area (TPSA) is 86.7 Å². The predicted octanol–water partition coefficient (Wildman–Crippen LogP) is 8.43. The second-order valence-electron chi connectivity index (χ2n) is 9.99. The number of hydrogen-bond donors (Lipinski definition) is 0. The van der Waals surface area contributed by atoms with Crippen molar-refractivity contribution in [3.8, 4) is 0 Å². The standard InChI is InChI=1S/C32H36O6S2/c1-3-5-7-9-11-19-37-31(35)23-17-13-15-21-25(33)29(39-27(21)23)30-26(34)22-16-14-18-24(28(22)40-30)32(36)38-20-12-10-8-6-4-2/h13-18H,3-12,19-20H2,1-2H3/b30-29-. The lowest BCUT2D eigenvalue weighted by atomic mass is 10.0. The number of ketones is 2. The summed E-state index contributed by atoms with van der Waals surface area (Å²) in [6.07, 6.45) is 10.5. The van der Waals surface area contributed by atoms with Gasteiger partial charge in [0.05, 0.1) is 34.2 Å². The second kappa shape index (κ2) is 14.7. The van der Waals surface area contributed by atoms with Crippen LogP contribution in [0.4, 0.5) is 0 Å². The Bertz CT molecular complexity index is 1210. The molecule has 40 heavy (non-hydrogen) atoms. The molecule has 6 nitrogen and oxygen atoms in total. The number of unbranched alkanes of at least 4 members (excludes halogenated alkanes) is 8. The molecule has 0 atom stereocenters. The summed E-state index contributed by atoms with van der Waals surface area (Å²) in [4.78, 5) is 54.1. The Morgan fingerprint density at radius 2 is 1.00 bits per heavy atom. The van der Waals surface area contributed by atoms with E-state index < -0.39 is 11.9 Å². The van der Waals surface area contributed by atoms with Gasteiger partial charge in [0.1, 0.15) is 0 Å². The van der Waals surface area contributed by atoms with Gasteiger partial charge in [0.25, 0.3) is 0 Å². The highest BCUT2D eigenvalue weighted by Crippen LogP contribution is 2.51. The van der Waals surface area contributed by atoms with E-state index in [4.69, 9.17) is 9.47 Å². The SMILES string of the molecule is CCCCCCCOC(=O)c1cccc2c1S/C(=C1\Sc3c(C(=O)OCCCCCCC)cccc3C1=O)C2=O. The van der Waals surface area contributed by atoms with Crippen molar-refractivity contribution in [3.63, 3.8) is 0 Å². The van der Waals surface area contributed by atoms with Gasteiger partial charge >= 0.3 is 11.9 Å². The Labute approximate surface area is 244 Å². The number of rotatable bonds is 14. The summed E-state index contributed by atoms with van der Waals surface area (Å²) < 4.78 is 11.0. The van der Waals surface area contributed by atoms with Crippen LogP contribution in [-0.2, 0) is 9.47 Å². The quantitative estimate of drug-likeness (QED) is 0.125. The summed E-state index contributed by atoms with van der Waals surface area (Å²) in [5.74, 6) is -1.53. The van der Waals surface area contributed by atoms with Gasteiger partial charge in [-0.1, -0.05) is 101 Å². The first-order valence-corrected chi connectivity index (χ1v) is 15.9. The molecule has 0 unspecified atom stereocenters. The van der Waals surface area contributed by atoms with Crippen molar-refractivity contribution >= 4 is 47.0 Å². The van der Waals surface area contributed by atoms with E-state index >= 15 is 0 Å². The van der Waals surface area contributed by atoms with Gasteiger partial charge in [0.15, 0.2) is 0 Å². The van der Waals surface area contributed by atoms with E-state index in [0.29, 0.717) is 45.3 Å². The van der Waals surface area contributed by atoms with Crippen molar-refractivity contribution in [1.82, 2.24) is 0 Å². The Hall–Kier alpha value is -2.84. The lowest BCUT2D eigenvalue weighted by Gasteiger charge is -2.08. The minimum atomic E-state index is -0.465. The van der Waals surface area contributed by atoms with Crippen LogP contribution in [0.15, 0.2) is 56.0 Å². The molecule has 0 spiro atoms. The summed E-state index contributed by atoms with van der Waals surface area (Å²) in [6.45, 7) is 4.97. The van der Waals surface area contributed by atoms with Crippen LogP contribution in [0.1, 0.15) is 119 Å². The largest absolute Gasteiger partial charge is 0.462 e. The molecule has 0 aliphatic carbocycles. The maximum Gasteiger partial charge on any atom is 0.339 e. The normalized spacial score (nSPS) is 15.8. The lowest BCUT2D eigenvalue weighted by Crippen LogP contribution is -2.08. The van der Waals surface area contributed by atoms with Crippen molar-refractivity contribution in [1.29, 1.82) is 0 Å². The summed E-state index contributed by atoms with van der Waals surface area (Å²) in [5.41, 5.74) is 1.43. The Kier molecular flexibility index (Phi) is 11.1. The first-order chi connectivity index (χ1) is 19.5. The third kappa shape index (κ3) is 6.89. The van der Waals surface area contributed by atoms with Crippen LogP contribution >= 0.6 is 23.5 Å². The van der Waals surface area contributed by atoms with Crippen molar-refractivity contribution in [2.75, 3.05) is 13.2 Å². The predicted molar refractivity (Wildman–Crippen MR) is 158 cm³/mol. The maximum atomic E-state index is 13.4. The number of fused-ring (bicyclic) bond motifs is 2. The Morgan fingerprint density at radius 1 is 0.600 bits per heavy atom. The molecule has 0 bridgehead atoms. The van der Waals surface area contributed by atoms with Crippen LogP contribution in [-0.4, -0.2) is 36.7 Å². The third-order valence-electron chi connectivity index (χ3n) is 6.95. The van der Waals surface area contributed by atoms with E-state index in [9.17, 15) is 19.2 Å². The molecule has 0 radical (unpaired) electrons. The molecule has 2 aromatic rings. The van der Waals surface area contributed by atoms with E-state index in [0.717, 1.165) is 74.9 Å². The van der Waals surface area contributed by atoms with Crippen molar-refractivity contribution in [2.45, 2.75) is 87.8 Å². The van der Waals surface area contributed by atoms with Gasteiger partial charge in [0, 0.05) is 20.9 Å². The minimum Gasteiger partial charge on any atom is -0.462 e. The molecule has 0 saturated carbocycles. The summed E-state index contributed by atoms with van der Waals surface area (Å²) in [5, 5.41) is 0. The van der Waals surface area contributed by atoms with Gasteiger partial charge in [-0.15, -0.1) is 0 Å². The van der Waals surface area contributed by atoms with Crippen LogP contribution in [0.3, 0.4) is 0 Å². The van der Waals surface area contributed by atoms with Crippen LogP contribution in [0.25, 0.3) is 0 Å². The molecular weight excluding hydrogens is 544 g/mol. The fraction of sp³-hybridized carbons (Fsp3) is 0.438. The number of hydrogen-bond acceptors (Lipinski definition) is 8. The zero-order chi connectivity index (χ0) is 28.5. The zero-order valence-electron chi connectivity index (χ0n) is 23.2. The van der Waals surface area contributed by atoms with E-state index in [2.05, 4.69) is 13.8 Å². The highest BCUT2D eigenvalue weighted by atomic mass is 32.2. The van der Waals surface area contributed by atoms with Gasteiger partial charge in [-0.05, 0) is 37.1 Å². The summed E-state index contributed by atoms with van der Waals surface area (Å²) in [7, 11) is 0. The van der Waals surface area contributed by atoms with E-state index in [1.54, 1.807) is 36.4 Å². The number of esters is 2. The summed E-state index contributed by atoms with van der Waals surface area (Å²) in [6, 6.07) is 9.97. The highest BCUT2D eigenvalue weighted by molar-refractivity contribution is 8.08. The van der Waals surface area contributed by atoms with E-state index in [-0.39, 0.29) is 21.4 Å². The van der Waals surface area contributed by atoms with Gasteiger partial charge in [-0.3, -0.25) is 9.59 Å². The van der Waals surface area contributed by atoms with Gasteiger partial charge in [-0.25, -0.2) is 9.59 Å². The van der Waals surface area contributed by atoms with Crippen LogP contribution in [0, 0.1) is 0 Å². The molecule has 0 saturated heterocycles. The first kappa shape index (κ1) is 30.1. The second-order valence-corrected chi connectivity index (χ2v) is 12.0. The summed E-state index contributed by atoms with van der Waals surface area (Å²) >= 11 is 2.26. The fourth-order valence-corrected chi connectivity index (χ4v) is 7.21. The molecule has 2 aliphatic rings. The average Bonchev–Trinajstić information content (AvgIpc) is 3.48. The van der Waals surface area contributed by atoms with Crippen molar-refractivity contribution < 1.29 is 28.7 Å². The third-order valence-corrected chi connectivity index (χ3v) is 9.55. The molecule has 2 aliphatic heterocycles. The molecule has 0 aromatic heterocycles.